The average Bonchev–Trinajstić information content (AvgIpc) is 2.47. The third-order valence-electron chi connectivity index (χ3n) is 2.16. The first-order valence-corrected chi connectivity index (χ1v) is 6.74. The molecule has 96 valence electrons. The number of aromatic nitrogens is 4. The zero-order valence-electron chi connectivity index (χ0n) is 9.96. The Labute approximate surface area is 123 Å². The van der Waals surface area contributed by atoms with Gasteiger partial charge in [0.05, 0.1) is 19.0 Å². The lowest BCUT2D eigenvalue weighted by atomic mass is 10.4. The molecule has 0 aliphatic rings. The van der Waals surface area contributed by atoms with E-state index in [1.54, 1.807) is 0 Å². The van der Waals surface area contributed by atoms with Crippen LogP contribution in [0.5, 0.6) is 5.88 Å². The Morgan fingerprint density at radius 3 is 2.89 bits per heavy atom. The molecule has 0 spiro atoms. The number of nitrogens with one attached hydrogen (secondary N) is 1. The molecule has 0 amide bonds. The largest absolute Gasteiger partial charge is 0.479 e. The number of nitrogens with zero attached hydrogens (tertiary/aromatic N) is 5. The second-order valence-corrected chi connectivity index (χ2v) is 4.14. The average molecular weight is 368 g/mol. The maximum Gasteiger partial charge on any atom is 0.252 e. The minimum atomic E-state index is 0.142. The van der Waals surface area contributed by atoms with Crippen molar-refractivity contribution < 1.29 is 4.74 Å². The Kier molecular flexibility index (Phi) is 4.40. The third-order valence-corrected chi connectivity index (χ3v) is 2.94. The van der Waals surface area contributed by atoms with Gasteiger partial charge >= 0.3 is 0 Å². The summed E-state index contributed by atoms with van der Waals surface area (Å²) in [6, 6.07) is 3.72. The molecule has 0 atom stereocenters. The lowest BCUT2D eigenvalue weighted by Gasteiger charge is -2.07. The van der Waals surface area contributed by atoms with Crippen LogP contribution < -0.4 is 10.1 Å². The van der Waals surface area contributed by atoms with Gasteiger partial charge < -0.3 is 10.1 Å². The van der Waals surface area contributed by atoms with Crippen LogP contribution in [0.2, 0.25) is 0 Å². The van der Waals surface area contributed by atoms with Crippen LogP contribution in [0, 0.1) is 11.3 Å². The van der Waals surface area contributed by atoms with Crippen molar-refractivity contribution in [3.8, 4) is 11.9 Å². The first-order chi connectivity index (χ1) is 9.26. The van der Waals surface area contributed by atoms with E-state index < -0.39 is 0 Å². The number of nitriles is 1. The highest BCUT2D eigenvalue weighted by Crippen LogP contribution is 2.17. The van der Waals surface area contributed by atoms with Gasteiger partial charge in [-0.1, -0.05) is 22.6 Å². The van der Waals surface area contributed by atoms with Crippen molar-refractivity contribution in [2.75, 3.05) is 12.4 Å². The first-order valence-electron chi connectivity index (χ1n) is 5.22. The zero-order chi connectivity index (χ0) is 13.7. The molecule has 0 aromatic carbocycles. The van der Waals surface area contributed by atoms with Crippen molar-refractivity contribution in [2.24, 2.45) is 0 Å². The molecule has 2 rings (SSSR count). The molecular weight excluding hydrogens is 359 g/mol. The highest BCUT2D eigenvalue weighted by molar-refractivity contribution is 14.1. The third kappa shape index (κ3) is 3.25. The predicted molar refractivity (Wildman–Crippen MR) is 76.3 cm³/mol. The van der Waals surface area contributed by atoms with Crippen molar-refractivity contribution in [3.05, 3.63) is 30.0 Å². The minimum absolute atomic E-state index is 0.142. The van der Waals surface area contributed by atoms with Gasteiger partial charge in [0.1, 0.15) is 18.2 Å². The van der Waals surface area contributed by atoms with Gasteiger partial charge in [0.15, 0.2) is 5.82 Å². The zero-order valence-corrected chi connectivity index (χ0v) is 12.1. The fraction of sp³-hybridized carbons (Fsp3) is 0.182. The molecule has 0 fully saturated rings. The predicted octanol–water partition coefficient (Wildman–Crippen LogP) is 1.83. The van der Waals surface area contributed by atoms with Gasteiger partial charge in [-0.2, -0.15) is 10.2 Å². The standard InChI is InChI=1S/C11H9IN6O/c1-19-11-8(4-13)14-5-10(18-11)17-9-2-7(3-12)15-6-16-9/h2,5-6H,3H2,1H3,(H,15,16,17,18). The maximum absolute atomic E-state index is 8.82. The summed E-state index contributed by atoms with van der Waals surface area (Å²) in [6.45, 7) is 0. The van der Waals surface area contributed by atoms with Gasteiger partial charge in [0, 0.05) is 10.5 Å². The highest BCUT2D eigenvalue weighted by atomic mass is 127. The minimum Gasteiger partial charge on any atom is -0.479 e. The van der Waals surface area contributed by atoms with E-state index in [4.69, 9.17) is 10.00 Å². The number of hydrogen-bond donors (Lipinski definition) is 1. The second-order valence-electron chi connectivity index (χ2n) is 3.38. The van der Waals surface area contributed by atoms with Crippen LogP contribution in [0.25, 0.3) is 0 Å². The number of alkyl halides is 1. The number of methoxy groups -OCH3 is 1. The van der Waals surface area contributed by atoms with Gasteiger partial charge in [-0.3, -0.25) is 0 Å². The van der Waals surface area contributed by atoms with Crippen molar-refractivity contribution in [1.82, 2.24) is 19.9 Å². The molecule has 0 unspecified atom stereocenters. The number of ether oxygens (including phenoxy) is 1. The van der Waals surface area contributed by atoms with Gasteiger partial charge in [-0.05, 0) is 0 Å². The van der Waals surface area contributed by atoms with Crippen LogP contribution in [0.4, 0.5) is 11.6 Å². The topological polar surface area (TPSA) is 96.6 Å². The summed E-state index contributed by atoms with van der Waals surface area (Å²) in [5.74, 6) is 1.24. The van der Waals surface area contributed by atoms with E-state index in [0.717, 1.165) is 10.1 Å². The fourth-order valence-corrected chi connectivity index (χ4v) is 1.74. The van der Waals surface area contributed by atoms with E-state index in [0.29, 0.717) is 11.6 Å². The summed E-state index contributed by atoms with van der Waals surface area (Å²) in [7, 11) is 1.44. The Hall–Kier alpha value is -2.02. The quantitative estimate of drug-likeness (QED) is 0.650. The molecule has 0 saturated heterocycles. The molecule has 0 saturated carbocycles. The molecule has 0 aliphatic heterocycles. The van der Waals surface area contributed by atoms with Gasteiger partial charge in [0.25, 0.3) is 5.88 Å². The number of hydrogen-bond acceptors (Lipinski definition) is 7. The van der Waals surface area contributed by atoms with E-state index in [1.165, 1.54) is 19.6 Å². The second kappa shape index (κ2) is 6.24. The summed E-state index contributed by atoms with van der Waals surface area (Å²) in [5.41, 5.74) is 1.05. The lowest BCUT2D eigenvalue weighted by Crippen LogP contribution is -2.02. The summed E-state index contributed by atoms with van der Waals surface area (Å²) < 4.78 is 5.78. The van der Waals surface area contributed by atoms with E-state index in [2.05, 4.69) is 47.8 Å². The van der Waals surface area contributed by atoms with E-state index in [-0.39, 0.29) is 11.6 Å². The fourth-order valence-electron chi connectivity index (χ4n) is 1.32. The maximum atomic E-state index is 8.82. The highest BCUT2D eigenvalue weighted by Gasteiger charge is 2.08. The molecule has 0 radical (unpaired) electrons. The van der Waals surface area contributed by atoms with Crippen LogP contribution in [0.1, 0.15) is 11.4 Å². The molecule has 1 N–H and O–H groups in total. The lowest BCUT2D eigenvalue weighted by molar-refractivity contribution is 0.394. The van der Waals surface area contributed by atoms with Crippen molar-refractivity contribution in [2.45, 2.75) is 4.43 Å². The van der Waals surface area contributed by atoms with Crippen molar-refractivity contribution in [3.63, 3.8) is 0 Å². The van der Waals surface area contributed by atoms with Crippen LogP contribution in [-0.2, 0) is 4.43 Å². The first kappa shape index (κ1) is 13.4. The van der Waals surface area contributed by atoms with Crippen LogP contribution in [0.3, 0.4) is 0 Å². The number of rotatable bonds is 4. The number of halogens is 1. The van der Waals surface area contributed by atoms with Gasteiger partial charge in [0.2, 0.25) is 5.69 Å². The van der Waals surface area contributed by atoms with Crippen LogP contribution in [-0.4, -0.2) is 27.0 Å². The summed E-state index contributed by atoms with van der Waals surface area (Å²) >= 11 is 2.22. The van der Waals surface area contributed by atoms with E-state index >= 15 is 0 Å². The molecule has 0 aliphatic carbocycles. The summed E-state index contributed by atoms with van der Waals surface area (Å²) in [4.78, 5) is 16.3. The molecule has 19 heavy (non-hydrogen) atoms. The van der Waals surface area contributed by atoms with Gasteiger partial charge in [-0.25, -0.2) is 15.0 Å². The Balaban J connectivity index is 2.26. The Morgan fingerprint density at radius 1 is 1.37 bits per heavy atom. The monoisotopic (exact) mass is 368 g/mol. The molecule has 2 aromatic heterocycles. The number of anilines is 2. The molecule has 7 nitrogen and oxygen atoms in total. The van der Waals surface area contributed by atoms with Crippen LogP contribution in [0.15, 0.2) is 18.6 Å². The molecular formula is C11H9IN6O. The Morgan fingerprint density at radius 2 is 2.21 bits per heavy atom. The van der Waals surface area contributed by atoms with E-state index in [1.807, 2.05) is 12.1 Å². The molecule has 8 heteroatoms. The molecule has 2 heterocycles. The summed E-state index contributed by atoms with van der Waals surface area (Å²) in [6.07, 6.45) is 2.93. The van der Waals surface area contributed by atoms with Gasteiger partial charge in [-0.15, -0.1) is 0 Å². The molecule has 0 bridgehead atoms. The van der Waals surface area contributed by atoms with Crippen molar-refractivity contribution in [1.29, 1.82) is 5.26 Å². The van der Waals surface area contributed by atoms with E-state index in [9.17, 15) is 0 Å². The molecule has 2 aromatic rings. The summed E-state index contributed by atoms with van der Waals surface area (Å²) in [5, 5.41) is 11.8. The smallest absolute Gasteiger partial charge is 0.252 e. The SMILES string of the molecule is COc1nc(Nc2cc(CI)ncn2)cnc1C#N. The Bertz CT molecular complexity index is 627. The normalized spacial score (nSPS) is 9.74. The van der Waals surface area contributed by atoms with Crippen molar-refractivity contribution >= 4 is 34.2 Å². The van der Waals surface area contributed by atoms with Crippen LogP contribution >= 0.6 is 22.6 Å².